The largest absolute Gasteiger partial charge is 0.393 e. The van der Waals surface area contributed by atoms with Crippen molar-refractivity contribution in [2.45, 2.75) is 114 Å². The summed E-state index contributed by atoms with van der Waals surface area (Å²) in [6, 6.07) is 0. The fraction of sp³-hybridized carbons (Fsp3) is 0.867. The van der Waals surface area contributed by atoms with Gasteiger partial charge in [-0.3, -0.25) is 0 Å². The highest BCUT2D eigenvalue weighted by molar-refractivity contribution is 5.33. The van der Waals surface area contributed by atoms with Crippen LogP contribution >= 0.6 is 0 Å². The van der Waals surface area contributed by atoms with Gasteiger partial charge in [0.2, 0.25) is 0 Å². The summed E-state index contributed by atoms with van der Waals surface area (Å²) in [6.45, 7) is 22.8. The van der Waals surface area contributed by atoms with Crippen LogP contribution in [0.2, 0.25) is 0 Å². The monoisotopic (exact) mass is 442 g/mol. The Hall–Kier alpha value is -0.600. The Kier molecular flexibility index (Phi) is 5.52. The molecule has 8 atom stereocenters. The number of hydrogen-bond acceptors (Lipinski definition) is 2. The number of allylic oxidation sites excluding steroid dienone is 2. The maximum absolute atomic E-state index is 11.9. The third-order valence-electron chi connectivity index (χ3n) is 12.0. The Morgan fingerprint density at radius 3 is 2.19 bits per heavy atom. The highest BCUT2D eigenvalue weighted by Gasteiger charge is 2.68. The highest BCUT2D eigenvalue weighted by atomic mass is 16.3. The van der Waals surface area contributed by atoms with E-state index in [2.05, 4.69) is 74.5 Å². The first-order chi connectivity index (χ1) is 14.5. The lowest BCUT2D eigenvalue weighted by molar-refractivity contribution is 0.0789. The molecule has 0 aliphatic heterocycles. The summed E-state index contributed by atoms with van der Waals surface area (Å²) < 4.78 is 0. The van der Waals surface area contributed by atoms with Crippen LogP contribution in [0.4, 0.5) is 0 Å². The van der Waals surface area contributed by atoms with E-state index in [1.807, 2.05) is 6.92 Å². The molecule has 2 heteroatoms. The van der Waals surface area contributed by atoms with Gasteiger partial charge in [-0.25, -0.2) is 0 Å². The van der Waals surface area contributed by atoms with Crippen molar-refractivity contribution in [1.82, 2.24) is 0 Å². The summed E-state index contributed by atoms with van der Waals surface area (Å²) in [6.07, 6.45) is 9.95. The number of aliphatic hydroxyl groups is 2. The summed E-state index contributed by atoms with van der Waals surface area (Å²) in [7, 11) is 0. The molecule has 0 amide bonds. The smallest absolute Gasteiger partial charge is 0.0809 e. The lowest BCUT2D eigenvalue weighted by Crippen LogP contribution is -2.36. The molecule has 0 bridgehead atoms. The van der Waals surface area contributed by atoms with Crippen molar-refractivity contribution in [3.63, 3.8) is 0 Å². The van der Waals surface area contributed by atoms with Crippen LogP contribution in [0.1, 0.15) is 101 Å². The average molecular weight is 443 g/mol. The predicted octanol–water partition coefficient (Wildman–Crippen LogP) is 7.16. The molecule has 0 radical (unpaired) electrons. The van der Waals surface area contributed by atoms with E-state index >= 15 is 0 Å². The third kappa shape index (κ3) is 3.49. The first kappa shape index (κ1) is 24.5. The van der Waals surface area contributed by atoms with Crippen molar-refractivity contribution in [2.75, 3.05) is 0 Å². The molecule has 4 aliphatic carbocycles. The van der Waals surface area contributed by atoms with E-state index in [0.717, 1.165) is 24.7 Å². The van der Waals surface area contributed by atoms with E-state index in [9.17, 15) is 10.2 Å². The van der Waals surface area contributed by atoms with E-state index in [-0.39, 0.29) is 16.2 Å². The van der Waals surface area contributed by atoms with Crippen molar-refractivity contribution in [1.29, 1.82) is 0 Å². The van der Waals surface area contributed by atoms with Gasteiger partial charge in [-0.2, -0.15) is 0 Å². The van der Waals surface area contributed by atoms with Crippen LogP contribution in [-0.4, -0.2) is 22.4 Å². The quantitative estimate of drug-likeness (QED) is 0.411. The number of rotatable bonds is 7. The minimum atomic E-state index is -0.446. The van der Waals surface area contributed by atoms with E-state index < -0.39 is 12.2 Å². The molecule has 0 aromatic rings. The fourth-order valence-corrected chi connectivity index (χ4v) is 7.56. The molecule has 4 aliphatic rings. The zero-order valence-corrected chi connectivity index (χ0v) is 22.5. The molecule has 0 heterocycles. The van der Waals surface area contributed by atoms with Gasteiger partial charge in [0.25, 0.3) is 0 Å². The van der Waals surface area contributed by atoms with E-state index in [0.29, 0.717) is 22.7 Å². The summed E-state index contributed by atoms with van der Waals surface area (Å²) in [4.78, 5) is 0. The molecule has 3 fully saturated rings. The van der Waals surface area contributed by atoms with E-state index in [1.165, 1.54) is 30.4 Å². The standard InChI is InChI=1S/C30H50O2/c1-18-11-12-24(27(18,5)6)23(17-26(3,4)19(2)31)25(32)29(9)15-21(29)13-20-14-22-16-30(22,10)28(20,7)8/h11,17,19-22,24-25,31-32H,12-16H2,1-10H3. The van der Waals surface area contributed by atoms with Crippen molar-refractivity contribution in [3.05, 3.63) is 23.3 Å². The van der Waals surface area contributed by atoms with Gasteiger partial charge < -0.3 is 10.2 Å². The Balaban J connectivity index is 1.57. The SMILES string of the molecule is CC1=CCC(C(=CC(C)(C)C(C)O)C(O)C2(C)CC2CC2CC3CC3(C)C2(C)C)C1(C)C. The van der Waals surface area contributed by atoms with Gasteiger partial charge in [0.05, 0.1) is 12.2 Å². The normalized spacial score (nSPS) is 44.1. The van der Waals surface area contributed by atoms with Gasteiger partial charge in [-0.15, -0.1) is 0 Å². The van der Waals surface area contributed by atoms with Crippen LogP contribution in [0.15, 0.2) is 23.3 Å². The molecule has 0 saturated heterocycles. The third-order valence-corrected chi connectivity index (χ3v) is 12.0. The number of fused-ring (bicyclic) bond motifs is 1. The molecule has 8 unspecified atom stereocenters. The first-order valence-corrected chi connectivity index (χ1v) is 13.2. The van der Waals surface area contributed by atoms with Crippen LogP contribution in [-0.2, 0) is 0 Å². The Morgan fingerprint density at radius 2 is 1.72 bits per heavy atom. The van der Waals surface area contributed by atoms with Gasteiger partial charge in [-0.05, 0) is 91.4 Å². The van der Waals surface area contributed by atoms with Crippen molar-refractivity contribution in [2.24, 2.45) is 50.7 Å². The van der Waals surface area contributed by atoms with E-state index in [4.69, 9.17) is 0 Å². The molecule has 0 aromatic heterocycles. The second-order valence-electron chi connectivity index (χ2n) is 14.6. The molecule has 2 nitrogen and oxygen atoms in total. The molecule has 0 aromatic carbocycles. The average Bonchev–Trinajstić information content (AvgIpc) is 3.49. The molecule has 4 rings (SSSR count). The summed E-state index contributed by atoms with van der Waals surface area (Å²) >= 11 is 0. The maximum Gasteiger partial charge on any atom is 0.0809 e. The minimum absolute atomic E-state index is 0.0308. The molecule has 0 spiro atoms. The zero-order chi connectivity index (χ0) is 24.1. The Morgan fingerprint density at radius 1 is 1.09 bits per heavy atom. The van der Waals surface area contributed by atoms with Gasteiger partial charge in [0, 0.05) is 10.8 Å². The second-order valence-corrected chi connectivity index (χ2v) is 14.6. The lowest BCUT2D eigenvalue weighted by Gasteiger charge is -2.39. The van der Waals surface area contributed by atoms with Crippen LogP contribution in [0, 0.1) is 50.7 Å². The molecular formula is C30H50O2. The molecule has 32 heavy (non-hydrogen) atoms. The van der Waals surface area contributed by atoms with E-state index in [1.54, 1.807) is 0 Å². The number of hydrogen-bond donors (Lipinski definition) is 2. The van der Waals surface area contributed by atoms with Crippen LogP contribution in [0.25, 0.3) is 0 Å². The minimum Gasteiger partial charge on any atom is -0.393 e. The first-order valence-electron chi connectivity index (χ1n) is 13.2. The van der Waals surface area contributed by atoms with Gasteiger partial charge in [-0.1, -0.05) is 73.1 Å². The van der Waals surface area contributed by atoms with Crippen LogP contribution in [0.5, 0.6) is 0 Å². The molecule has 182 valence electrons. The van der Waals surface area contributed by atoms with Gasteiger partial charge >= 0.3 is 0 Å². The van der Waals surface area contributed by atoms with Crippen LogP contribution in [0.3, 0.4) is 0 Å². The van der Waals surface area contributed by atoms with Crippen molar-refractivity contribution in [3.8, 4) is 0 Å². The van der Waals surface area contributed by atoms with Crippen LogP contribution < -0.4 is 0 Å². The number of aliphatic hydroxyl groups excluding tert-OH is 2. The summed E-state index contributed by atoms with van der Waals surface area (Å²) in [5, 5.41) is 22.4. The van der Waals surface area contributed by atoms with Crippen molar-refractivity contribution >= 4 is 0 Å². The topological polar surface area (TPSA) is 40.5 Å². The highest BCUT2D eigenvalue weighted by Crippen LogP contribution is 2.76. The molecular weight excluding hydrogens is 392 g/mol. The molecule has 2 N–H and O–H groups in total. The Labute approximate surface area is 198 Å². The maximum atomic E-state index is 11.9. The van der Waals surface area contributed by atoms with Crippen molar-refractivity contribution < 1.29 is 10.2 Å². The van der Waals surface area contributed by atoms with Gasteiger partial charge in [0.1, 0.15) is 0 Å². The molecule has 3 saturated carbocycles. The van der Waals surface area contributed by atoms with Gasteiger partial charge in [0.15, 0.2) is 0 Å². The predicted molar refractivity (Wildman–Crippen MR) is 134 cm³/mol. The fourth-order valence-electron chi connectivity index (χ4n) is 7.56. The Bertz CT molecular complexity index is 828. The summed E-state index contributed by atoms with van der Waals surface area (Å²) in [5.74, 6) is 2.65. The zero-order valence-electron chi connectivity index (χ0n) is 22.5. The summed E-state index contributed by atoms with van der Waals surface area (Å²) in [5.41, 5.74) is 3.25. The lowest BCUT2D eigenvalue weighted by atomic mass is 9.67. The second kappa shape index (κ2) is 7.20.